The van der Waals surface area contributed by atoms with E-state index in [1.165, 1.54) is 18.3 Å². The lowest BCUT2D eigenvalue weighted by Gasteiger charge is -2.32. The SMILES string of the molecule is CCCc1oncc1C(=O)N1CCCC(CCc2ccc(F)c(F)c2)C1. The molecule has 0 spiro atoms. The van der Waals surface area contributed by atoms with Crippen LogP contribution < -0.4 is 0 Å². The lowest BCUT2D eigenvalue weighted by molar-refractivity contribution is 0.0666. The molecule has 26 heavy (non-hydrogen) atoms. The highest BCUT2D eigenvalue weighted by molar-refractivity contribution is 5.94. The summed E-state index contributed by atoms with van der Waals surface area (Å²) in [5.41, 5.74) is 1.35. The first kappa shape index (κ1) is 18.5. The van der Waals surface area contributed by atoms with Gasteiger partial charge in [0.15, 0.2) is 11.6 Å². The number of nitrogens with zero attached hydrogens (tertiary/aromatic N) is 2. The molecule has 2 heterocycles. The van der Waals surface area contributed by atoms with Crippen molar-refractivity contribution >= 4 is 5.91 Å². The zero-order valence-corrected chi connectivity index (χ0v) is 15.0. The summed E-state index contributed by atoms with van der Waals surface area (Å²) in [7, 11) is 0. The number of aromatic nitrogens is 1. The van der Waals surface area contributed by atoms with Crippen LogP contribution in [-0.4, -0.2) is 29.1 Å². The van der Waals surface area contributed by atoms with Gasteiger partial charge in [-0.15, -0.1) is 0 Å². The van der Waals surface area contributed by atoms with E-state index in [4.69, 9.17) is 4.52 Å². The molecular formula is C20H24F2N2O2. The van der Waals surface area contributed by atoms with E-state index < -0.39 is 11.6 Å². The van der Waals surface area contributed by atoms with E-state index in [9.17, 15) is 13.6 Å². The molecule has 0 aliphatic carbocycles. The Balaban J connectivity index is 1.59. The van der Waals surface area contributed by atoms with Crippen molar-refractivity contribution in [3.8, 4) is 0 Å². The van der Waals surface area contributed by atoms with Crippen LogP contribution in [-0.2, 0) is 12.8 Å². The second-order valence-electron chi connectivity index (χ2n) is 6.96. The third-order valence-electron chi connectivity index (χ3n) is 4.98. The fraction of sp³-hybridized carbons (Fsp3) is 0.500. The van der Waals surface area contributed by atoms with E-state index in [0.29, 0.717) is 36.6 Å². The van der Waals surface area contributed by atoms with Crippen LogP contribution in [0.1, 0.15) is 54.3 Å². The number of aryl methyl sites for hydroxylation is 2. The van der Waals surface area contributed by atoms with Crippen LogP contribution in [0.15, 0.2) is 28.9 Å². The minimum absolute atomic E-state index is 0.0211. The molecule has 1 aromatic heterocycles. The number of hydrogen-bond acceptors (Lipinski definition) is 3. The maximum atomic E-state index is 13.3. The molecule has 4 nitrogen and oxygen atoms in total. The Bertz CT molecular complexity index is 760. The maximum Gasteiger partial charge on any atom is 0.259 e. The summed E-state index contributed by atoms with van der Waals surface area (Å²) in [4.78, 5) is 14.7. The average molecular weight is 362 g/mol. The van der Waals surface area contributed by atoms with Gasteiger partial charge in [-0.2, -0.15) is 0 Å². The van der Waals surface area contributed by atoms with Gasteiger partial charge in [0.1, 0.15) is 11.3 Å². The quantitative estimate of drug-likeness (QED) is 0.766. The Morgan fingerprint density at radius 2 is 2.15 bits per heavy atom. The minimum atomic E-state index is -0.820. The Hall–Kier alpha value is -2.24. The second-order valence-corrected chi connectivity index (χ2v) is 6.96. The van der Waals surface area contributed by atoms with Gasteiger partial charge in [0.25, 0.3) is 5.91 Å². The van der Waals surface area contributed by atoms with Crippen molar-refractivity contribution in [2.24, 2.45) is 5.92 Å². The van der Waals surface area contributed by atoms with Gasteiger partial charge in [-0.05, 0) is 55.7 Å². The number of piperidine rings is 1. The van der Waals surface area contributed by atoms with E-state index in [-0.39, 0.29) is 5.91 Å². The van der Waals surface area contributed by atoms with Crippen LogP contribution in [0.4, 0.5) is 8.78 Å². The Labute approximate surface area is 152 Å². The number of carbonyl (C=O) groups excluding carboxylic acids is 1. The van der Waals surface area contributed by atoms with Gasteiger partial charge < -0.3 is 9.42 Å². The summed E-state index contributed by atoms with van der Waals surface area (Å²) < 4.78 is 31.6. The zero-order chi connectivity index (χ0) is 18.5. The predicted octanol–water partition coefficient (Wildman–Crippen LogP) is 4.39. The summed E-state index contributed by atoms with van der Waals surface area (Å²) in [5.74, 6) is -0.636. The van der Waals surface area contributed by atoms with Gasteiger partial charge in [-0.1, -0.05) is 18.1 Å². The Morgan fingerprint density at radius 3 is 2.92 bits per heavy atom. The maximum absolute atomic E-state index is 13.3. The van der Waals surface area contributed by atoms with Crippen molar-refractivity contribution in [3.63, 3.8) is 0 Å². The highest BCUT2D eigenvalue weighted by Crippen LogP contribution is 2.24. The first-order valence-electron chi connectivity index (χ1n) is 9.25. The van der Waals surface area contributed by atoms with Gasteiger partial charge in [-0.25, -0.2) is 8.78 Å². The van der Waals surface area contributed by atoms with Crippen molar-refractivity contribution in [1.82, 2.24) is 10.1 Å². The van der Waals surface area contributed by atoms with Gasteiger partial charge >= 0.3 is 0 Å². The fourth-order valence-electron chi connectivity index (χ4n) is 3.57. The molecule has 1 atom stereocenters. The highest BCUT2D eigenvalue weighted by Gasteiger charge is 2.27. The standard InChI is InChI=1S/C20H24F2N2O2/c1-2-4-19-16(12-23-26-19)20(25)24-10-3-5-15(13-24)7-6-14-8-9-17(21)18(22)11-14/h8-9,11-12,15H,2-7,10,13H2,1H3. The van der Waals surface area contributed by atoms with Gasteiger partial charge in [0, 0.05) is 19.5 Å². The van der Waals surface area contributed by atoms with Crippen LogP contribution in [0.25, 0.3) is 0 Å². The van der Waals surface area contributed by atoms with Crippen molar-refractivity contribution < 1.29 is 18.1 Å². The van der Waals surface area contributed by atoms with E-state index in [2.05, 4.69) is 5.16 Å². The van der Waals surface area contributed by atoms with E-state index >= 15 is 0 Å². The third-order valence-corrected chi connectivity index (χ3v) is 4.98. The van der Waals surface area contributed by atoms with Gasteiger partial charge in [-0.3, -0.25) is 4.79 Å². The topological polar surface area (TPSA) is 46.3 Å². The normalized spacial score (nSPS) is 17.5. The van der Waals surface area contributed by atoms with Gasteiger partial charge in [0.2, 0.25) is 0 Å². The monoisotopic (exact) mass is 362 g/mol. The molecular weight excluding hydrogens is 338 g/mol. The Morgan fingerprint density at radius 1 is 1.31 bits per heavy atom. The van der Waals surface area contributed by atoms with E-state index in [0.717, 1.165) is 37.8 Å². The number of hydrogen-bond donors (Lipinski definition) is 0. The van der Waals surface area contributed by atoms with Crippen LogP contribution in [0.3, 0.4) is 0 Å². The third kappa shape index (κ3) is 4.29. The number of halogens is 2. The number of carbonyl (C=O) groups is 1. The molecule has 0 bridgehead atoms. The summed E-state index contributed by atoms with van der Waals surface area (Å²) in [6.07, 6.45) is 6.62. The smallest absolute Gasteiger partial charge is 0.259 e. The molecule has 1 fully saturated rings. The molecule has 2 aromatic rings. The van der Waals surface area contributed by atoms with E-state index in [1.54, 1.807) is 6.07 Å². The number of likely N-dealkylation sites (tertiary alicyclic amines) is 1. The Kier molecular flexibility index (Phi) is 6.01. The summed E-state index contributed by atoms with van der Waals surface area (Å²) in [6, 6.07) is 4.05. The largest absolute Gasteiger partial charge is 0.361 e. The molecule has 6 heteroatoms. The highest BCUT2D eigenvalue weighted by atomic mass is 19.2. The summed E-state index contributed by atoms with van der Waals surface area (Å²) in [5, 5.41) is 3.78. The number of benzene rings is 1. The number of amides is 1. The van der Waals surface area contributed by atoms with Crippen molar-refractivity contribution in [1.29, 1.82) is 0 Å². The first-order valence-corrected chi connectivity index (χ1v) is 9.25. The molecule has 0 radical (unpaired) electrons. The first-order chi connectivity index (χ1) is 12.6. The van der Waals surface area contributed by atoms with Crippen LogP contribution in [0.2, 0.25) is 0 Å². The molecule has 1 saturated heterocycles. The van der Waals surface area contributed by atoms with Gasteiger partial charge in [0.05, 0.1) is 6.20 Å². The molecule has 1 aliphatic heterocycles. The van der Waals surface area contributed by atoms with Crippen LogP contribution >= 0.6 is 0 Å². The van der Waals surface area contributed by atoms with Crippen LogP contribution in [0.5, 0.6) is 0 Å². The molecule has 1 unspecified atom stereocenters. The van der Waals surface area contributed by atoms with E-state index in [1.807, 2.05) is 11.8 Å². The summed E-state index contributed by atoms with van der Waals surface area (Å²) in [6.45, 7) is 3.45. The van der Waals surface area contributed by atoms with Crippen molar-refractivity contribution in [2.45, 2.75) is 45.4 Å². The molecule has 140 valence electrons. The van der Waals surface area contributed by atoms with Crippen molar-refractivity contribution in [2.75, 3.05) is 13.1 Å². The molecule has 0 N–H and O–H groups in total. The summed E-state index contributed by atoms with van der Waals surface area (Å²) >= 11 is 0. The lowest BCUT2D eigenvalue weighted by Crippen LogP contribution is -2.40. The van der Waals surface area contributed by atoms with Crippen molar-refractivity contribution in [3.05, 3.63) is 52.9 Å². The lowest BCUT2D eigenvalue weighted by atomic mass is 9.91. The molecule has 1 aromatic carbocycles. The molecule has 0 saturated carbocycles. The number of rotatable bonds is 6. The molecule has 1 aliphatic rings. The zero-order valence-electron chi connectivity index (χ0n) is 15.0. The second kappa shape index (κ2) is 8.43. The fourth-order valence-corrected chi connectivity index (χ4v) is 3.57. The average Bonchev–Trinajstić information content (AvgIpc) is 3.11. The molecule has 3 rings (SSSR count). The predicted molar refractivity (Wildman–Crippen MR) is 93.8 cm³/mol. The molecule has 1 amide bonds. The minimum Gasteiger partial charge on any atom is -0.361 e. The van der Waals surface area contributed by atoms with Crippen LogP contribution in [0, 0.1) is 17.6 Å².